The molecule has 0 aliphatic carbocycles. The molecule has 1 saturated heterocycles. The van der Waals surface area contributed by atoms with E-state index >= 15 is 0 Å². The Bertz CT molecular complexity index is 623. The molecule has 11 nitrogen and oxygen atoms in total. The Kier molecular flexibility index (Phi) is 9.66. The first-order valence-electron chi connectivity index (χ1n) is 5.74. The minimum absolute atomic E-state index is 0. The van der Waals surface area contributed by atoms with Crippen LogP contribution in [0.15, 0.2) is 17.1 Å². The Morgan fingerprint density at radius 1 is 1.52 bits per heavy atom. The number of rotatable bonds is 5. The van der Waals surface area contributed by atoms with Crippen molar-refractivity contribution in [2.24, 2.45) is 0 Å². The van der Waals surface area contributed by atoms with Gasteiger partial charge >= 0.3 is 72.4 Å². The monoisotopic (exact) mass is 371 g/mol. The normalized spacial score (nSPS) is 27.0. The smallest absolute Gasteiger partial charge is 1.00 e. The molecule has 1 aromatic rings. The molecule has 0 saturated carbocycles. The summed E-state index contributed by atoms with van der Waals surface area (Å²) >= 11 is 0. The van der Waals surface area contributed by atoms with E-state index in [4.69, 9.17) is 19.3 Å². The van der Waals surface area contributed by atoms with Crippen LogP contribution in [0.3, 0.4) is 0 Å². The van der Waals surface area contributed by atoms with Gasteiger partial charge in [0.15, 0.2) is 12.5 Å². The van der Waals surface area contributed by atoms with Gasteiger partial charge in [-0.2, -0.15) is 0 Å². The molecule has 0 spiro atoms. The number of hydrogen-bond acceptors (Lipinski definition) is 8. The van der Waals surface area contributed by atoms with E-state index in [1.807, 2.05) is 0 Å². The third kappa shape index (κ3) is 6.48. The van der Waals surface area contributed by atoms with Crippen molar-refractivity contribution in [1.82, 2.24) is 9.97 Å². The van der Waals surface area contributed by atoms with Crippen LogP contribution in [0, 0.1) is 0 Å². The van der Waals surface area contributed by atoms with E-state index in [9.17, 15) is 19.6 Å². The second-order valence-corrected chi connectivity index (χ2v) is 5.93. The van der Waals surface area contributed by atoms with Gasteiger partial charge in [0.2, 0.25) is 0 Å². The van der Waals surface area contributed by atoms with E-state index in [2.05, 4.69) is 15.3 Å². The Balaban J connectivity index is -0.00000121. The van der Waals surface area contributed by atoms with Crippen molar-refractivity contribution < 1.29 is 96.0 Å². The molecule has 6 N–H and O–H groups in total. The second-order valence-electron chi connectivity index (χ2n) is 4.34. The first kappa shape index (κ1) is 23.7. The molecule has 2 heterocycles. The molecule has 14 heteroatoms. The predicted octanol–water partition coefficient (Wildman–Crippen LogP) is -8.03. The fourth-order valence-electron chi connectivity index (χ4n) is 1.72. The zero-order valence-corrected chi connectivity index (χ0v) is 17.4. The average molecular weight is 371 g/mol. The van der Waals surface area contributed by atoms with Gasteiger partial charge in [0.1, 0.15) is 11.9 Å². The van der Waals surface area contributed by atoms with Crippen LogP contribution < -0.4 is 70.1 Å². The van der Waals surface area contributed by atoms with Crippen LogP contribution in [0.2, 0.25) is 0 Å². The molecular weight excluding hydrogens is 355 g/mol. The summed E-state index contributed by atoms with van der Waals surface area (Å²) in [6, 6.07) is 1.31. The number of aromatic nitrogens is 2. The van der Waals surface area contributed by atoms with Crippen LogP contribution in [-0.2, 0) is 14.0 Å². The number of nitrogens with one attached hydrogen (secondary N) is 2. The number of aromatic amines is 1. The first-order chi connectivity index (χ1) is 9.72. The summed E-state index contributed by atoms with van der Waals surface area (Å²) in [7, 11) is -4.54. The number of anilines is 1. The summed E-state index contributed by atoms with van der Waals surface area (Å²) in [5.41, 5.74) is -0.696. The maximum atomic E-state index is 11.1. The molecule has 0 bridgehead atoms. The van der Waals surface area contributed by atoms with Gasteiger partial charge in [-0.1, -0.05) is 0 Å². The minimum atomic E-state index is -4.54. The van der Waals surface area contributed by atoms with Gasteiger partial charge in [-0.05, 0) is 6.07 Å². The van der Waals surface area contributed by atoms with Crippen molar-refractivity contribution >= 4 is 13.4 Å². The van der Waals surface area contributed by atoms with E-state index in [1.54, 1.807) is 0 Å². The van der Waals surface area contributed by atoms with Gasteiger partial charge in [0.05, 0.1) is 6.61 Å². The van der Waals surface area contributed by atoms with Crippen molar-refractivity contribution in [3.05, 3.63) is 22.7 Å². The number of aliphatic hydroxyl groups excluding tert-OH is 2. The Morgan fingerprint density at radius 3 is 2.65 bits per heavy atom. The standard InChI is InChI=1S/C9H14N3O8P.2Na.2H/c13-5-3-19-9(7(5)14,20-4-21(16,17)18)12-6-1-2-10-8(15)11-6;;;;/h1-2,5,7,13-14H,3-4H2,(H2,16,17,18)(H2,10,11,12,15);;;;/q;2*+1;2*-1/t5-,7-,9?;;;;/m1..../s1. The van der Waals surface area contributed by atoms with Gasteiger partial charge in [0.25, 0.3) is 5.91 Å². The van der Waals surface area contributed by atoms with E-state index in [-0.39, 0.29) is 74.4 Å². The summed E-state index contributed by atoms with van der Waals surface area (Å²) in [5, 5.41) is 21.9. The Hall–Kier alpha value is 0.670. The van der Waals surface area contributed by atoms with Gasteiger partial charge < -0.3 is 37.6 Å². The summed E-state index contributed by atoms with van der Waals surface area (Å²) in [6.45, 7) is -0.329. The second kappa shape index (κ2) is 9.39. The van der Waals surface area contributed by atoms with Crippen molar-refractivity contribution in [3.8, 4) is 0 Å². The van der Waals surface area contributed by atoms with E-state index in [0.29, 0.717) is 0 Å². The molecule has 0 aromatic carbocycles. The molecule has 0 radical (unpaired) electrons. The maximum Gasteiger partial charge on any atom is 1.00 e. The molecule has 1 unspecified atom stereocenters. The molecule has 122 valence electrons. The van der Waals surface area contributed by atoms with Crippen molar-refractivity contribution in [3.63, 3.8) is 0 Å². The molecule has 3 atom stereocenters. The fourth-order valence-corrected chi connectivity index (χ4v) is 2.08. The maximum absolute atomic E-state index is 11.1. The van der Waals surface area contributed by atoms with Crippen LogP contribution in [0.1, 0.15) is 2.85 Å². The molecule has 1 fully saturated rings. The molecule has 0 amide bonds. The van der Waals surface area contributed by atoms with Crippen molar-refractivity contribution in [2.75, 3.05) is 18.3 Å². The van der Waals surface area contributed by atoms with E-state index in [1.165, 1.54) is 6.07 Å². The van der Waals surface area contributed by atoms with E-state index in [0.717, 1.165) is 6.20 Å². The van der Waals surface area contributed by atoms with Gasteiger partial charge in [-0.15, -0.1) is 0 Å². The molecule has 1 aliphatic rings. The van der Waals surface area contributed by atoms with Crippen LogP contribution in [0.5, 0.6) is 0 Å². The molecule has 2 rings (SSSR count). The zero-order valence-electron chi connectivity index (χ0n) is 14.5. The number of H-pyrrole nitrogens is 1. The van der Waals surface area contributed by atoms with Crippen LogP contribution >= 0.6 is 7.60 Å². The van der Waals surface area contributed by atoms with Crippen LogP contribution in [0.4, 0.5) is 5.82 Å². The number of aliphatic hydroxyl groups is 2. The van der Waals surface area contributed by atoms with Crippen LogP contribution in [0.25, 0.3) is 0 Å². The third-order valence-corrected chi connectivity index (χ3v) is 3.12. The summed E-state index contributed by atoms with van der Waals surface area (Å²) in [4.78, 5) is 34.5. The SMILES string of the molecule is O=c1nccc(NC2(OCP(=O)(O)O)OC[C@@H](O)[C@H]2O)[nH]1.[H-].[H-].[Na+].[Na+]. The predicted molar refractivity (Wildman–Crippen MR) is 69.4 cm³/mol. The molecular formula is C9H16N3Na2O8P. The summed E-state index contributed by atoms with van der Waals surface area (Å²) in [5.74, 6) is -2.08. The quantitative estimate of drug-likeness (QED) is 0.166. The summed E-state index contributed by atoms with van der Waals surface area (Å²) in [6.07, 6.45) is -2.86. The first-order valence-corrected chi connectivity index (χ1v) is 7.54. The van der Waals surface area contributed by atoms with Gasteiger partial charge in [-0.3, -0.25) is 9.55 Å². The third-order valence-electron chi connectivity index (χ3n) is 2.65. The van der Waals surface area contributed by atoms with Crippen molar-refractivity contribution in [1.29, 1.82) is 0 Å². The average Bonchev–Trinajstić information content (AvgIpc) is 2.65. The largest absolute Gasteiger partial charge is 1.00 e. The van der Waals surface area contributed by atoms with Gasteiger partial charge in [-0.25, -0.2) is 9.78 Å². The Morgan fingerprint density at radius 2 is 2.17 bits per heavy atom. The molecule has 1 aromatic heterocycles. The fraction of sp³-hybridized carbons (Fsp3) is 0.556. The number of ether oxygens (including phenoxy) is 2. The minimum Gasteiger partial charge on any atom is -1.00 e. The van der Waals surface area contributed by atoms with Crippen LogP contribution in [-0.4, -0.2) is 61.0 Å². The topological polar surface area (TPSA) is 174 Å². The van der Waals surface area contributed by atoms with Gasteiger partial charge in [0, 0.05) is 6.20 Å². The Labute approximate surface area is 177 Å². The summed E-state index contributed by atoms with van der Waals surface area (Å²) < 4.78 is 20.9. The molecule has 23 heavy (non-hydrogen) atoms. The van der Waals surface area contributed by atoms with E-state index < -0.39 is 37.8 Å². The zero-order chi connectivity index (χ0) is 15.7. The number of hydrogen-bond donors (Lipinski definition) is 6. The number of nitrogens with zero attached hydrogens (tertiary/aromatic N) is 1. The van der Waals surface area contributed by atoms with Crippen molar-refractivity contribution in [2.45, 2.75) is 18.1 Å². The molecule has 1 aliphatic heterocycles.